The fraction of sp³-hybridized carbons (Fsp3) is 0.432. The molecule has 5 rings (SSSR count). The minimum absolute atomic E-state index is 0.105. The molecule has 4 aromatic rings. The molecule has 244 valence electrons. The normalized spacial score (nSPS) is 14.6. The number of hydrogen-bond donors (Lipinski definition) is 4. The van der Waals surface area contributed by atoms with Crippen LogP contribution in [-0.2, 0) is 11.2 Å². The molecule has 0 fully saturated rings. The van der Waals surface area contributed by atoms with E-state index in [2.05, 4.69) is 61.7 Å². The van der Waals surface area contributed by atoms with Crippen LogP contribution in [0.1, 0.15) is 81.4 Å². The van der Waals surface area contributed by atoms with Gasteiger partial charge in [0.15, 0.2) is 0 Å². The first kappa shape index (κ1) is 36.0. The number of fused-ring (bicyclic) bond motifs is 3. The monoisotopic (exact) mass is 632 g/mol. The molecule has 1 amide bonds. The average molecular weight is 633 g/mol. The summed E-state index contributed by atoms with van der Waals surface area (Å²) in [5.74, 6) is 1.16. The lowest BCUT2D eigenvalue weighted by atomic mass is 9.92. The largest absolute Gasteiger partial charge is 0.508 e. The first-order valence-corrected chi connectivity index (χ1v) is 17.1. The van der Waals surface area contributed by atoms with E-state index >= 15 is 0 Å². The van der Waals surface area contributed by atoms with E-state index in [0.29, 0.717) is 31.4 Å². The molecule has 1 aliphatic heterocycles. The maximum Gasteiger partial charge on any atom is 0.223 e. The van der Waals surface area contributed by atoms with E-state index in [1.807, 2.05) is 56.0 Å². The maximum atomic E-state index is 13.1. The van der Waals surface area contributed by atoms with Crippen LogP contribution in [-0.4, -0.2) is 51.9 Å². The van der Waals surface area contributed by atoms with Crippen molar-refractivity contribution < 1.29 is 14.6 Å². The highest BCUT2D eigenvalue weighted by Gasteiger charge is 2.34. The van der Waals surface area contributed by atoms with Crippen LogP contribution in [0.4, 0.5) is 0 Å². The van der Waals surface area contributed by atoms with Crippen LogP contribution in [0.3, 0.4) is 0 Å². The number of ether oxygens (including phenoxy) is 1. The van der Waals surface area contributed by atoms with Crippen LogP contribution < -0.4 is 15.2 Å². The molecule has 0 saturated carbocycles. The molecule has 0 spiro atoms. The van der Waals surface area contributed by atoms with Gasteiger partial charge in [0.2, 0.25) is 5.91 Å². The number of nitrogens with zero attached hydrogens (tertiary/aromatic N) is 1. The van der Waals surface area contributed by atoms with Crippen molar-refractivity contribution in [1.82, 2.24) is 14.6 Å². The zero-order valence-electron chi connectivity index (χ0n) is 28.0. The van der Waals surface area contributed by atoms with E-state index in [0.717, 1.165) is 40.8 Å². The van der Waals surface area contributed by atoms with Gasteiger partial charge in [-0.3, -0.25) is 9.52 Å². The van der Waals surface area contributed by atoms with Crippen molar-refractivity contribution >= 4 is 28.8 Å². The van der Waals surface area contributed by atoms with Crippen LogP contribution in [0.15, 0.2) is 66.7 Å². The Kier molecular flexibility index (Phi) is 14.3. The van der Waals surface area contributed by atoms with Crippen LogP contribution in [0.25, 0.3) is 10.9 Å². The van der Waals surface area contributed by atoms with Gasteiger partial charge in [-0.25, -0.2) is 0 Å². The predicted molar refractivity (Wildman–Crippen MR) is 190 cm³/mol. The SMILES string of the molecule is CC.CCCC(=O)N1CCc2c([nH]c3ccc(O)cc23)C1c1ccc(OCC(N)CNSC(C)C)cc1.Cc1ccc(C)cc1. The number of H-pyrrole nitrogens is 1. The number of carbonyl (C=O) groups is 1. The number of rotatable bonds is 10. The number of amides is 1. The molecule has 0 bridgehead atoms. The second-order valence-electron chi connectivity index (χ2n) is 11.5. The number of phenols is 1. The molecular weight excluding hydrogens is 580 g/mol. The van der Waals surface area contributed by atoms with Crippen molar-refractivity contribution in [1.29, 1.82) is 0 Å². The number of aryl methyl sites for hydroxylation is 2. The number of carbonyl (C=O) groups excluding carboxylic acids is 1. The minimum atomic E-state index is -0.207. The second-order valence-corrected chi connectivity index (χ2v) is 13.0. The van der Waals surface area contributed by atoms with Crippen molar-refractivity contribution in [3.8, 4) is 11.5 Å². The van der Waals surface area contributed by atoms with E-state index in [1.165, 1.54) is 16.7 Å². The molecule has 0 aliphatic carbocycles. The van der Waals surface area contributed by atoms with Gasteiger partial charge in [-0.2, -0.15) is 0 Å². The molecular formula is C37H52N4O3S. The summed E-state index contributed by atoms with van der Waals surface area (Å²) in [7, 11) is 0. The van der Waals surface area contributed by atoms with E-state index in [1.54, 1.807) is 24.1 Å². The Hall–Kier alpha value is -3.46. The molecule has 8 heteroatoms. The lowest BCUT2D eigenvalue weighted by molar-refractivity contribution is -0.133. The first-order valence-electron chi connectivity index (χ1n) is 16.2. The topological polar surface area (TPSA) is 104 Å². The Labute approximate surface area is 274 Å². The lowest BCUT2D eigenvalue weighted by Gasteiger charge is -2.36. The Bertz CT molecular complexity index is 1450. The van der Waals surface area contributed by atoms with Gasteiger partial charge >= 0.3 is 0 Å². The predicted octanol–water partition coefficient (Wildman–Crippen LogP) is 7.83. The van der Waals surface area contributed by atoms with Gasteiger partial charge < -0.3 is 25.5 Å². The summed E-state index contributed by atoms with van der Waals surface area (Å²) in [5, 5.41) is 11.6. The lowest BCUT2D eigenvalue weighted by Crippen LogP contribution is -2.40. The smallest absolute Gasteiger partial charge is 0.223 e. The van der Waals surface area contributed by atoms with Gasteiger partial charge in [-0.1, -0.05) is 94.1 Å². The Morgan fingerprint density at radius 2 is 1.71 bits per heavy atom. The minimum Gasteiger partial charge on any atom is -0.508 e. The highest BCUT2D eigenvalue weighted by Crippen LogP contribution is 2.40. The van der Waals surface area contributed by atoms with Crippen molar-refractivity contribution in [3.05, 3.63) is 94.7 Å². The van der Waals surface area contributed by atoms with Crippen LogP contribution >= 0.6 is 11.9 Å². The summed E-state index contributed by atoms with van der Waals surface area (Å²) in [6.07, 6.45) is 2.09. The van der Waals surface area contributed by atoms with Gasteiger partial charge in [0.05, 0.1) is 12.1 Å². The van der Waals surface area contributed by atoms with Crippen molar-refractivity contribution in [3.63, 3.8) is 0 Å². The van der Waals surface area contributed by atoms with E-state index in [-0.39, 0.29) is 23.7 Å². The molecule has 2 atom stereocenters. The third-order valence-corrected chi connectivity index (χ3v) is 8.24. The number of nitrogens with two attached hydrogens (primary N) is 1. The zero-order chi connectivity index (χ0) is 32.9. The Morgan fingerprint density at radius 3 is 2.31 bits per heavy atom. The molecule has 0 radical (unpaired) electrons. The van der Waals surface area contributed by atoms with Gasteiger partial charge in [0.1, 0.15) is 18.1 Å². The molecule has 2 unspecified atom stereocenters. The highest BCUT2D eigenvalue weighted by molar-refractivity contribution is 7.97. The van der Waals surface area contributed by atoms with Crippen molar-refractivity contribution in [2.75, 3.05) is 19.7 Å². The number of aromatic amines is 1. The first-order chi connectivity index (χ1) is 21.7. The summed E-state index contributed by atoms with van der Waals surface area (Å²) in [5.41, 5.74) is 13.0. The molecule has 3 aromatic carbocycles. The van der Waals surface area contributed by atoms with E-state index in [4.69, 9.17) is 10.5 Å². The van der Waals surface area contributed by atoms with Crippen molar-refractivity contribution in [2.24, 2.45) is 5.73 Å². The molecule has 2 heterocycles. The molecule has 7 nitrogen and oxygen atoms in total. The number of nitrogens with one attached hydrogen (secondary N) is 2. The number of aromatic hydroxyl groups is 1. The van der Waals surface area contributed by atoms with E-state index < -0.39 is 0 Å². The second kappa shape index (κ2) is 17.9. The van der Waals surface area contributed by atoms with Gasteiger partial charge in [0, 0.05) is 41.4 Å². The van der Waals surface area contributed by atoms with Gasteiger partial charge in [0.25, 0.3) is 0 Å². The number of aromatic nitrogens is 1. The van der Waals surface area contributed by atoms with Crippen molar-refractivity contribution in [2.45, 2.75) is 85.1 Å². The third kappa shape index (κ3) is 10.3. The van der Waals surface area contributed by atoms with Gasteiger partial charge in [-0.05, 0) is 68.1 Å². The Balaban J connectivity index is 0.000000475. The zero-order valence-corrected chi connectivity index (χ0v) is 28.8. The van der Waals surface area contributed by atoms with Crippen LogP contribution in [0.5, 0.6) is 11.5 Å². The highest BCUT2D eigenvalue weighted by atomic mass is 32.2. The summed E-state index contributed by atoms with van der Waals surface area (Å²) in [4.78, 5) is 18.6. The molecule has 1 aromatic heterocycles. The standard InChI is InChI=1S/C27H36N4O3S.C8H10.C2H6/c1-4-5-25(33)31-13-12-22-23-14-20(32)8-11-24(23)30-26(22)27(31)18-6-9-21(10-7-18)34-16-19(28)15-29-35-17(2)3;1-7-3-5-8(2)6-4-7;1-2/h6-11,14,17,19,27,29-30,32H,4-5,12-13,15-16,28H2,1-3H3;3-6H,1-2H3;1-2H3. The molecule has 5 N–H and O–H groups in total. The van der Waals surface area contributed by atoms with E-state index in [9.17, 15) is 9.90 Å². The molecule has 45 heavy (non-hydrogen) atoms. The number of hydrogen-bond acceptors (Lipinski definition) is 6. The third-order valence-electron chi connectivity index (χ3n) is 7.44. The summed E-state index contributed by atoms with van der Waals surface area (Å²) < 4.78 is 9.20. The number of phenolic OH excluding ortho intramolecular Hbond substituents is 1. The fourth-order valence-electron chi connectivity index (χ4n) is 5.22. The summed E-state index contributed by atoms with van der Waals surface area (Å²) >= 11 is 1.67. The van der Waals surface area contributed by atoms with Crippen LogP contribution in [0, 0.1) is 13.8 Å². The molecule has 0 saturated heterocycles. The summed E-state index contributed by atoms with van der Waals surface area (Å²) in [6.45, 7) is 16.2. The van der Waals surface area contributed by atoms with Crippen LogP contribution in [0.2, 0.25) is 0 Å². The number of benzene rings is 3. The fourth-order valence-corrected chi connectivity index (χ4v) is 5.86. The van der Waals surface area contributed by atoms with Gasteiger partial charge in [-0.15, -0.1) is 0 Å². The quantitative estimate of drug-likeness (QED) is 0.133. The maximum absolute atomic E-state index is 13.1. The average Bonchev–Trinajstić information content (AvgIpc) is 3.40. The Morgan fingerprint density at radius 1 is 1.07 bits per heavy atom. The summed E-state index contributed by atoms with van der Waals surface area (Å²) in [6, 6.07) is 21.5. The molecule has 1 aliphatic rings.